The molecule has 0 atom stereocenters. The predicted molar refractivity (Wildman–Crippen MR) is 94.0 cm³/mol. The molecule has 2 rings (SSSR count). The van der Waals surface area contributed by atoms with Crippen molar-refractivity contribution in [3.05, 3.63) is 63.6 Å². The van der Waals surface area contributed by atoms with Crippen LogP contribution in [0, 0.1) is 11.3 Å². The van der Waals surface area contributed by atoms with Crippen molar-refractivity contribution in [2.24, 2.45) is 0 Å². The zero-order valence-corrected chi connectivity index (χ0v) is 14.8. The van der Waals surface area contributed by atoms with Gasteiger partial charge in [0.05, 0.1) is 12.0 Å². The highest BCUT2D eigenvalue weighted by atomic mass is 35.5. The van der Waals surface area contributed by atoms with E-state index >= 15 is 0 Å². The molecule has 2 aromatic carbocycles. The zero-order chi connectivity index (χ0) is 17.7. The highest BCUT2D eigenvalue weighted by Gasteiger charge is 2.20. The van der Waals surface area contributed by atoms with E-state index in [0.717, 1.165) is 6.20 Å². The van der Waals surface area contributed by atoms with Crippen LogP contribution in [-0.2, 0) is 9.84 Å². The lowest BCUT2D eigenvalue weighted by Gasteiger charge is -2.06. The molecule has 0 saturated carbocycles. The van der Waals surface area contributed by atoms with Gasteiger partial charge in [0.15, 0.2) is 4.91 Å². The van der Waals surface area contributed by atoms with Crippen molar-refractivity contribution in [1.82, 2.24) is 0 Å². The van der Waals surface area contributed by atoms with Gasteiger partial charge >= 0.3 is 0 Å². The van der Waals surface area contributed by atoms with Crippen LogP contribution in [0.25, 0.3) is 0 Å². The molecule has 2 aromatic rings. The van der Waals surface area contributed by atoms with Crippen molar-refractivity contribution in [3.63, 3.8) is 0 Å². The number of halogens is 2. The fourth-order valence-corrected chi connectivity index (χ4v) is 3.45. The Bertz CT molecular complexity index is 897. The van der Waals surface area contributed by atoms with E-state index in [1.807, 2.05) is 0 Å². The van der Waals surface area contributed by atoms with Gasteiger partial charge in [-0.25, -0.2) is 8.42 Å². The van der Waals surface area contributed by atoms with E-state index < -0.39 is 14.7 Å². The van der Waals surface area contributed by atoms with Gasteiger partial charge in [-0.15, -0.1) is 0 Å². The second kappa shape index (κ2) is 7.58. The minimum atomic E-state index is -3.95. The van der Waals surface area contributed by atoms with Crippen molar-refractivity contribution < 1.29 is 13.2 Å². The molecule has 0 aliphatic carbocycles. The van der Waals surface area contributed by atoms with Gasteiger partial charge in [0.25, 0.3) is 0 Å². The molecule has 0 aromatic heterocycles. The second-order valence-corrected chi connectivity index (χ2v) is 7.39. The van der Waals surface area contributed by atoms with Gasteiger partial charge in [-0.1, -0.05) is 23.2 Å². The number of nitrogens with zero attached hydrogens (tertiary/aromatic N) is 1. The number of nitriles is 1. The van der Waals surface area contributed by atoms with Gasteiger partial charge in [-0.2, -0.15) is 5.26 Å². The molecule has 5 nitrogen and oxygen atoms in total. The number of ether oxygens (including phenoxy) is 1. The van der Waals surface area contributed by atoms with Gasteiger partial charge in [0.1, 0.15) is 11.8 Å². The topological polar surface area (TPSA) is 79.2 Å². The average molecular weight is 383 g/mol. The third-order valence-corrected chi connectivity index (χ3v) is 5.12. The predicted octanol–water partition coefficient (Wildman–Crippen LogP) is 4.25. The maximum atomic E-state index is 12.5. The Morgan fingerprint density at radius 3 is 2.25 bits per heavy atom. The molecular weight excluding hydrogens is 371 g/mol. The smallest absolute Gasteiger partial charge is 0.218 e. The summed E-state index contributed by atoms with van der Waals surface area (Å²) in [6, 6.07) is 12.1. The Labute approximate surface area is 150 Å². The molecule has 0 radical (unpaired) electrons. The van der Waals surface area contributed by atoms with Crippen molar-refractivity contribution in [2.45, 2.75) is 4.90 Å². The molecule has 1 N–H and O–H groups in total. The number of nitrogens with one attached hydrogen (secondary N) is 1. The number of allylic oxidation sites excluding steroid dienone is 1. The molecule has 8 heteroatoms. The maximum Gasteiger partial charge on any atom is 0.218 e. The van der Waals surface area contributed by atoms with Gasteiger partial charge in [-0.05, 0) is 42.5 Å². The minimum absolute atomic E-state index is 0.0120. The third kappa shape index (κ3) is 4.20. The fraction of sp³-hybridized carbons (Fsp3) is 0.0625. The van der Waals surface area contributed by atoms with Gasteiger partial charge < -0.3 is 10.1 Å². The largest absolute Gasteiger partial charge is 0.497 e. The van der Waals surface area contributed by atoms with Gasteiger partial charge in [-0.3, -0.25) is 0 Å². The standard InChI is InChI=1S/C16H12Cl2N2O3S/c1-23-14-2-4-15(5-3-14)24(21,22)16(9-19)10-20-13-7-11(17)6-12(18)8-13/h2-8,10,20H,1H3/b16-10+. The molecule has 0 heterocycles. The summed E-state index contributed by atoms with van der Waals surface area (Å²) in [5, 5.41) is 12.7. The average Bonchev–Trinajstić information content (AvgIpc) is 2.54. The molecule has 0 spiro atoms. The Morgan fingerprint density at radius 1 is 1.17 bits per heavy atom. The van der Waals surface area contributed by atoms with Crippen molar-refractivity contribution >= 4 is 38.7 Å². The highest BCUT2D eigenvalue weighted by molar-refractivity contribution is 7.95. The van der Waals surface area contributed by atoms with Crippen LogP contribution in [0.2, 0.25) is 10.0 Å². The Hall–Kier alpha value is -2.20. The third-order valence-electron chi connectivity index (χ3n) is 3.00. The lowest BCUT2D eigenvalue weighted by atomic mass is 10.3. The second-order valence-electron chi connectivity index (χ2n) is 4.60. The summed E-state index contributed by atoms with van der Waals surface area (Å²) >= 11 is 11.7. The lowest BCUT2D eigenvalue weighted by molar-refractivity contribution is 0.414. The summed E-state index contributed by atoms with van der Waals surface area (Å²) < 4.78 is 30.0. The van der Waals surface area contributed by atoms with E-state index in [0.29, 0.717) is 21.5 Å². The number of rotatable bonds is 5. The van der Waals surface area contributed by atoms with Crippen LogP contribution in [0.1, 0.15) is 0 Å². The first-order valence-corrected chi connectivity index (χ1v) is 8.83. The highest BCUT2D eigenvalue weighted by Crippen LogP contribution is 2.24. The SMILES string of the molecule is COc1ccc(S(=O)(=O)/C(C#N)=C/Nc2cc(Cl)cc(Cl)c2)cc1. The number of methoxy groups -OCH3 is 1. The van der Waals surface area contributed by atoms with Crippen molar-refractivity contribution in [1.29, 1.82) is 5.26 Å². The summed E-state index contributed by atoms with van der Waals surface area (Å²) in [5.74, 6) is 0.517. The minimum Gasteiger partial charge on any atom is -0.497 e. The number of anilines is 1. The molecule has 0 saturated heterocycles. The van der Waals surface area contributed by atoms with E-state index in [4.69, 9.17) is 27.9 Å². The molecule has 0 aliphatic rings. The summed E-state index contributed by atoms with van der Waals surface area (Å²) in [7, 11) is -2.47. The Morgan fingerprint density at radius 2 is 1.75 bits per heavy atom. The van der Waals surface area contributed by atoms with Crippen LogP contribution in [-0.4, -0.2) is 15.5 Å². The maximum absolute atomic E-state index is 12.5. The van der Waals surface area contributed by atoms with E-state index in [2.05, 4.69) is 5.32 Å². The summed E-state index contributed by atoms with van der Waals surface area (Å²) in [6.07, 6.45) is 1.10. The van der Waals surface area contributed by atoms with Crippen molar-refractivity contribution in [3.8, 4) is 11.8 Å². The van der Waals surface area contributed by atoms with E-state index in [-0.39, 0.29) is 4.90 Å². The van der Waals surface area contributed by atoms with E-state index in [9.17, 15) is 13.7 Å². The van der Waals surface area contributed by atoms with Crippen LogP contribution >= 0.6 is 23.2 Å². The number of hydrogen-bond donors (Lipinski definition) is 1. The van der Waals surface area contributed by atoms with Crippen LogP contribution in [0.5, 0.6) is 5.75 Å². The van der Waals surface area contributed by atoms with Gasteiger partial charge in [0, 0.05) is 21.9 Å². The van der Waals surface area contributed by atoms with Gasteiger partial charge in [0.2, 0.25) is 9.84 Å². The molecular formula is C16H12Cl2N2O3S. The molecule has 0 aliphatic heterocycles. The zero-order valence-electron chi connectivity index (χ0n) is 12.5. The fourth-order valence-electron chi connectivity index (χ4n) is 1.84. The normalized spacial score (nSPS) is 11.7. The summed E-state index contributed by atoms with van der Waals surface area (Å²) in [6.45, 7) is 0. The van der Waals surface area contributed by atoms with Crippen LogP contribution in [0.4, 0.5) is 5.69 Å². The lowest BCUT2D eigenvalue weighted by Crippen LogP contribution is -2.05. The molecule has 24 heavy (non-hydrogen) atoms. The first-order valence-electron chi connectivity index (χ1n) is 6.59. The Kier molecular flexibility index (Phi) is 5.73. The van der Waals surface area contributed by atoms with Crippen molar-refractivity contribution in [2.75, 3.05) is 12.4 Å². The number of benzene rings is 2. The monoisotopic (exact) mass is 382 g/mol. The van der Waals surface area contributed by atoms with Crippen LogP contribution < -0.4 is 10.1 Å². The first kappa shape index (κ1) is 18.1. The number of sulfone groups is 1. The van der Waals surface area contributed by atoms with E-state index in [1.54, 1.807) is 18.2 Å². The summed E-state index contributed by atoms with van der Waals surface area (Å²) in [5.41, 5.74) is 0.463. The van der Waals surface area contributed by atoms with Crippen LogP contribution in [0.15, 0.2) is 58.5 Å². The quantitative estimate of drug-likeness (QED) is 0.781. The van der Waals surface area contributed by atoms with E-state index in [1.165, 1.54) is 37.4 Å². The number of hydrogen-bond acceptors (Lipinski definition) is 5. The first-order chi connectivity index (χ1) is 11.4. The summed E-state index contributed by atoms with van der Waals surface area (Å²) in [4.78, 5) is -0.453. The molecule has 0 fully saturated rings. The molecule has 0 amide bonds. The van der Waals surface area contributed by atoms with Crippen LogP contribution in [0.3, 0.4) is 0 Å². The Balaban J connectivity index is 2.33. The molecule has 124 valence electrons. The molecule has 0 unspecified atom stereocenters. The molecule has 0 bridgehead atoms.